The lowest BCUT2D eigenvalue weighted by Crippen LogP contribution is -2.09. The molecule has 8 nitrogen and oxygen atoms in total. The zero-order valence-corrected chi connectivity index (χ0v) is 18.5. The quantitative estimate of drug-likeness (QED) is 0.436. The largest absolute Gasteiger partial charge is 0.493 e. The Morgan fingerprint density at radius 1 is 0.969 bits per heavy atom. The molecule has 0 fully saturated rings. The summed E-state index contributed by atoms with van der Waals surface area (Å²) in [5.41, 5.74) is 5.22. The highest BCUT2D eigenvalue weighted by molar-refractivity contribution is 5.79. The maximum Gasteiger partial charge on any atom is 0.223 e. The summed E-state index contributed by atoms with van der Waals surface area (Å²) in [6.07, 6.45) is 4.29. The van der Waals surface area contributed by atoms with Gasteiger partial charge < -0.3 is 19.3 Å². The highest BCUT2D eigenvalue weighted by Gasteiger charge is 2.17. The number of methoxy groups -OCH3 is 2. The summed E-state index contributed by atoms with van der Waals surface area (Å²) in [4.78, 5) is 13.7. The van der Waals surface area contributed by atoms with Gasteiger partial charge in [-0.05, 0) is 50.1 Å². The Morgan fingerprint density at radius 2 is 1.81 bits per heavy atom. The van der Waals surface area contributed by atoms with Crippen molar-refractivity contribution in [2.24, 2.45) is 0 Å². The summed E-state index contributed by atoms with van der Waals surface area (Å²) >= 11 is 0. The standard InChI is InChI=1S/C24H25N5O3/c1-15-12-21(32-29-15)19-14-27-24(28-23(19)18-6-5-10-25-16(18)2)26-11-9-17-7-8-20(30-3)22(13-17)31-4/h5-8,10,12-14H,9,11H2,1-4H3,(H,26,27,28). The first-order valence-electron chi connectivity index (χ1n) is 10.3. The van der Waals surface area contributed by atoms with Crippen LogP contribution in [0.15, 0.2) is 53.3 Å². The first kappa shape index (κ1) is 21.3. The van der Waals surface area contributed by atoms with Gasteiger partial charge in [0.25, 0.3) is 0 Å². The molecule has 3 heterocycles. The molecular formula is C24H25N5O3. The zero-order valence-electron chi connectivity index (χ0n) is 18.5. The summed E-state index contributed by atoms with van der Waals surface area (Å²) in [6, 6.07) is 11.7. The molecule has 4 rings (SSSR count). The maximum absolute atomic E-state index is 5.48. The van der Waals surface area contributed by atoms with Crippen LogP contribution in [-0.4, -0.2) is 40.9 Å². The third-order valence-corrected chi connectivity index (χ3v) is 5.09. The lowest BCUT2D eigenvalue weighted by atomic mass is 10.0. The number of nitrogens with one attached hydrogen (secondary N) is 1. The molecule has 0 aliphatic heterocycles. The molecule has 0 unspecified atom stereocenters. The minimum Gasteiger partial charge on any atom is -0.493 e. The molecule has 0 atom stereocenters. The number of hydrogen-bond acceptors (Lipinski definition) is 8. The van der Waals surface area contributed by atoms with Gasteiger partial charge in [-0.2, -0.15) is 0 Å². The summed E-state index contributed by atoms with van der Waals surface area (Å²) < 4.78 is 16.2. The Kier molecular flexibility index (Phi) is 6.30. The molecule has 8 heteroatoms. The topological polar surface area (TPSA) is 95.2 Å². The zero-order chi connectivity index (χ0) is 22.5. The summed E-state index contributed by atoms with van der Waals surface area (Å²) in [7, 11) is 3.26. The van der Waals surface area contributed by atoms with Gasteiger partial charge in [-0.3, -0.25) is 4.98 Å². The number of ether oxygens (including phenoxy) is 2. The smallest absolute Gasteiger partial charge is 0.223 e. The Hall–Kier alpha value is -3.94. The van der Waals surface area contributed by atoms with Crippen LogP contribution in [0.25, 0.3) is 22.6 Å². The Morgan fingerprint density at radius 3 is 2.53 bits per heavy atom. The van der Waals surface area contributed by atoms with Gasteiger partial charge in [-0.1, -0.05) is 11.2 Å². The third kappa shape index (κ3) is 4.54. The Bertz CT molecular complexity index is 1220. The van der Waals surface area contributed by atoms with E-state index in [0.717, 1.165) is 40.2 Å². The second kappa shape index (κ2) is 9.47. The predicted molar refractivity (Wildman–Crippen MR) is 122 cm³/mol. The minimum absolute atomic E-state index is 0.531. The van der Waals surface area contributed by atoms with E-state index in [1.54, 1.807) is 26.6 Å². The van der Waals surface area contributed by atoms with E-state index in [-0.39, 0.29) is 0 Å². The van der Waals surface area contributed by atoms with Crippen molar-refractivity contribution in [1.82, 2.24) is 20.1 Å². The van der Waals surface area contributed by atoms with E-state index >= 15 is 0 Å². The predicted octanol–water partition coefficient (Wildman–Crippen LogP) is 4.48. The first-order chi connectivity index (χ1) is 15.6. The van der Waals surface area contributed by atoms with E-state index < -0.39 is 0 Å². The van der Waals surface area contributed by atoms with E-state index in [0.29, 0.717) is 29.8 Å². The number of hydrogen-bond donors (Lipinski definition) is 1. The lowest BCUT2D eigenvalue weighted by Gasteiger charge is -2.12. The van der Waals surface area contributed by atoms with E-state index in [2.05, 4.69) is 20.4 Å². The second-order valence-corrected chi connectivity index (χ2v) is 7.29. The van der Waals surface area contributed by atoms with Crippen LogP contribution in [0.2, 0.25) is 0 Å². The summed E-state index contributed by atoms with van der Waals surface area (Å²) in [5.74, 6) is 2.57. The monoisotopic (exact) mass is 431 g/mol. The Balaban J connectivity index is 1.58. The minimum atomic E-state index is 0.531. The fraction of sp³-hybridized carbons (Fsp3) is 0.250. The number of benzene rings is 1. The van der Waals surface area contributed by atoms with Crippen molar-refractivity contribution in [3.63, 3.8) is 0 Å². The van der Waals surface area contributed by atoms with Gasteiger partial charge in [0.1, 0.15) is 0 Å². The summed E-state index contributed by atoms with van der Waals surface area (Å²) in [5, 5.41) is 7.31. The van der Waals surface area contributed by atoms with Gasteiger partial charge in [0.15, 0.2) is 17.3 Å². The molecule has 0 bridgehead atoms. The number of nitrogens with zero attached hydrogens (tertiary/aromatic N) is 4. The number of rotatable bonds is 8. The summed E-state index contributed by atoms with van der Waals surface area (Å²) in [6.45, 7) is 4.49. The molecule has 3 aromatic heterocycles. The molecular weight excluding hydrogens is 406 g/mol. The van der Waals surface area contributed by atoms with Gasteiger partial charge in [0.2, 0.25) is 5.95 Å². The van der Waals surface area contributed by atoms with Crippen LogP contribution >= 0.6 is 0 Å². The fourth-order valence-electron chi connectivity index (χ4n) is 3.43. The van der Waals surface area contributed by atoms with Crippen LogP contribution in [0.3, 0.4) is 0 Å². The molecule has 0 amide bonds. The highest BCUT2D eigenvalue weighted by atomic mass is 16.5. The van der Waals surface area contributed by atoms with Crippen LogP contribution in [-0.2, 0) is 6.42 Å². The van der Waals surface area contributed by atoms with E-state index in [1.807, 2.05) is 50.2 Å². The molecule has 1 N–H and O–H groups in total. The highest BCUT2D eigenvalue weighted by Crippen LogP contribution is 2.32. The van der Waals surface area contributed by atoms with E-state index in [1.165, 1.54) is 0 Å². The average Bonchev–Trinajstić information content (AvgIpc) is 3.25. The molecule has 0 radical (unpaired) electrons. The molecule has 0 saturated heterocycles. The maximum atomic E-state index is 5.48. The van der Waals surface area contributed by atoms with Crippen LogP contribution in [0.1, 0.15) is 17.0 Å². The first-order valence-corrected chi connectivity index (χ1v) is 10.3. The van der Waals surface area contributed by atoms with Crippen molar-refractivity contribution in [1.29, 1.82) is 0 Å². The molecule has 1 aromatic carbocycles. The molecule has 4 aromatic rings. The van der Waals surface area contributed by atoms with Gasteiger partial charge >= 0.3 is 0 Å². The molecule has 32 heavy (non-hydrogen) atoms. The van der Waals surface area contributed by atoms with Crippen LogP contribution in [0.4, 0.5) is 5.95 Å². The average molecular weight is 431 g/mol. The molecule has 0 aliphatic rings. The van der Waals surface area contributed by atoms with Gasteiger partial charge in [-0.15, -0.1) is 0 Å². The SMILES string of the molecule is COc1ccc(CCNc2ncc(-c3cc(C)no3)c(-c3cccnc3C)n2)cc1OC. The number of pyridine rings is 1. The fourth-order valence-corrected chi connectivity index (χ4v) is 3.43. The molecule has 0 saturated carbocycles. The van der Waals surface area contributed by atoms with Gasteiger partial charge in [0.05, 0.1) is 31.2 Å². The van der Waals surface area contributed by atoms with E-state index in [4.69, 9.17) is 19.0 Å². The normalized spacial score (nSPS) is 10.8. The van der Waals surface area contributed by atoms with Gasteiger partial charge in [0, 0.05) is 36.3 Å². The number of aryl methyl sites for hydroxylation is 2. The third-order valence-electron chi connectivity index (χ3n) is 5.09. The van der Waals surface area contributed by atoms with Crippen LogP contribution in [0, 0.1) is 13.8 Å². The van der Waals surface area contributed by atoms with Crippen LogP contribution < -0.4 is 14.8 Å². The van der Waals surface area contributed by atoms with Crippen molar-refractivity contribution in [2.75, 3.05) is 26.1 Å². The van der Waals surface area contributed by atoms with Crippen molar-refractivity contribution in [3.8, 4) is 34.1 Å². The number of anilines is 1. The molecule has 0 aliphatic carbocycles. The molecule has 164 valence electrons. The van der Waals surface area contributed by atoms with Crippen molar-refractivity contribution < 1.29 is 14.0 Å². The lowest BCUT2D eigenvalue weighted by molar-refractivity contribution is 0.354. The molecule has 0 spiro atoms. The Labute approximate surface area is 186 Å². The van der Waals surface area contributed by atoms with Crippen molar-refractivity contribution in [3.05, 3.63) is 65.7 Å². The van der Waals surface area contributed by atoms with Gasteiger partial charge in [-0.25, -0.2) is 9.97 Å². The van der Waals surface area contributed by atoms with E-state index in [9.17, 15) is 0 Å². The van der Waals surface area contributed by atoms with Crippen molar-refractivity contribution in [2.45, 2.75) is 20.3 Å². The second-order valence-electron chi connectivity index (χ2n) is 7.29. The van der Waals surface area contributed by atoms with Crippen LogP contribution in [0.5, 0.6) is 11.5 Å². The number of aromatic nitrogens is 4. The van der Waals surface area contributed by atoms with Crippen molar-refractivity contribution >= 4 is 5.95 Å².